The normalized spacial score (nSPS) is 13.4. The molecule has 0 saturated carbocycles. The van der Waals surface area contributed by atoms with Gasteiger partial charge in [0, 0.05) is 0 Å². The predicted octanol–water partition coefficient (Wildman–Crippen LogP) is 3.61. The van der Waals surface area contributed by atoms with E-state index in [0.29, 0.717) is 5.82 Å². The monoisotopic (exact) mass is 245 g/mol. The van der Waals surface area contributed by atoms with E-state index in [2.05, 4.69) is 30.7 Å². The number of pyridine rings is 1. The highest BCUT2D eigenvalue weighted by Crippen LogP contribution is 2.12. The van der Waals surface area contributed by atoms with Crippen LogP contribution in [0.25, 0.3) is 0 Å². The maximum absolute atomic E-state index is 5.67. The van der Waals surface area contributed by atoms with Crippen LogP contribution in [0.2, 0.25) is 0 Å². The number of hydrogen-bond donors (Lipinski definition) is 1. The summed E-state index contributed by atoms with van der Waals surface area (Å²) in [6.07, 6.45) is 2.15. The molecule has 1 rings (SSSR count). The third-order valence-corrected chi connectivity index (χ3v) is 3.21. The Morgan fingerprint density at radius 3 is 2.50 bits per heavy atom. The Kier molecular flexibility index (Phi) is 5.56. The van der Waals surface area contributed by atoms with Crippen LogP contribution >= 0.6 is 0 Å². The number of aromatic nitrogens is 1. The minimum atomic E-state index is 0.540. The lowest BCUT2D eigenvalue weighted by molar-refractivity contribution is 0.933. The molecule has 0 aliphatic carbocycles. The molecule has 3 nitrogen and oxygen atoms in total. The van der Waals surface area contributed by atoms with Gasteiger partial charge in [-0.15, -0.1) is 0 Å². The number of aliphatic imine (C=N–C) groups is 1. The van der Waals surface area contributed by atoms with Gasteiger partial charge in [-0.1, -0.05) is 31.1 Å². The summed E-state index contributed by atoms with van der Waals surface area (Å²) in [6, 6.07) is 5.64. The first-order valence-electron chi connectivity index (χ1n) is 6.49. The highest BCUT2D eigenvalue weighted by Gasteiger charge is 2.01. The van der Waals surface area contributed by atoms with E-state index >= 15 is 0 Å². The summed E-state index contributed by atoms with van der Waals surface area (Å²) in [6.45, 7) is 9.29. The molecule has 1 aromatic rings. The lowest BCUT2D eigenvalue weighted by Gasteiger charge is -2.07. The van der Waals surface area contributed by atoms with Crippen molar-refractivity contribution in [3.05, 3.63) is 35.0 Å². The minimum Gasteiger partial charge on any atom is -0.384 e. The fraction of sp³-hybridized carbons (Fsp3) is 0.467. The molecule has 0 saturated heterocycles. The largest absolute Gasteiger partial charge is 0.384 e. The molecule has 0 aliphatic rings. The van der Waals surface area contributed by atoms with Crippen molar-refractivity contribution in [2.75, 3.05) is 12.3 Å². The second kappa shape index (κ2) is 6.94. The van der Waals surface area contributed by atoms with E-state index in [9.17, 15) is 0 Å². The second-order valence-electron chi connectivity index (χ2n) is 4.44. The van der Waals surface area contributed by atoms with Gasteiger partial charge in [0.25, 0.3) is 0 Å². The van der Waals surface area contributed by atoms with Gasteiger partial charge in [0.05, 0.1) is 18.0 Å². The van der Waals surface area contributed by atoms with E-state index in [0.717, 1.165) is 30.8 Å². The molecule has 0 unspecified atom stereocenters. The number of nitrogen functional groups attached to an aromatic ring is 1. The topological polar surface area (TPSA) is 51.3 Å². The highest BCUT2D eigenvalue weighted by atomic mass is 14.9. The SMILES string of the molecule is CC/C(C)=C(\CC)C/N=C(\C)c1cccc(N)n1. The Morgan fingerprint density at radius 1 is 1.22 bits per heavy atom. The van der Waals surface area contributed by atoms with E-state index in [1.54, 1.807) is 6.07 Å². The van der Waals surface area contributed by atoms with Crippen LogP contribution in [-0.4, -0.2) is 17.2 Å². The summed E-state index contributed by atoms with van der Waals surface area (Å²) in [5.74, 6) is 0.540. The van der Waals surface area contributed by atoms with Crippen LogP contribution in [0.4, 0.5) is 5.82 Å². The standard InChI is InChI=1S/C15H23N3/c1-5-11(3)13(6-2)10-17-12(4)14-8-7-9-15(16)18-14/h7-9H,5-6,10H2,1-4H3,(H2,16,18)/b13-11+,17-12+. The zero-order valence-electron chi connectivity index (χ0n) is 11.8. The molecule has 98 valence electrons. The van der Waals surface area contributed by atoms with Gasteiger partial charge < -0.3 is 5.73 Å². The molecule has 0 aromatic carbocycles. The number of nitrogens with two attached hydrogens (primary N) is 1. The van der Waals surface area contributed by atoms with Crippen LogP contribution in [0.5, 0.6) is 0 Å². The Bertz CT molecular complexity index is 459. The van der Waals surface area contributed by atoms with Gasteiger partial charge >= 0.3 is 0 Å². The summed E-state index contributed by atoms with van der Waals surface area (Å²) < 4.78 is 0. The molecule has 0 radical (unpaired) electrons. The number of hydrogen-bond acceptors (Lipinski definition) is 3. The Morgan fingerprint density at radius 2 is 1.94 bits per heavy atom. The van der Waals surface area contributed by atoms with Crippen molar-refractivity contribution in [1.82, 2.24) is 4.98 Å². The maximum Gasteiger partial charge on any atom is 0.124 e. The minimum absolute atomic E-state index is 0.540. The lowest BCUT2D eigenvalue weighted by atomic mass is 10.1. The van der Waals surface area contributed by atoms with Crippen molar-refractivity contribution in [2.24, 2.45) is 4.99 Å². The van der Waals surface area contributed by atoms with E-state index in [1.807, 2.05) is 19.1 Å². The number of nitrogens with zero attached hydrogens (tertiary/aromatic N) is 2. The summed E-state index contributed by atoms with van der Waals surface area (Å²) in [5, 5.41) is 0. The van der Waals surface area contributed by atoms with Gasteiger partial charge in [0.2, 0.25) is 0 Å². The third kappa shape index (κ3) is 3.99. The molecule has 18 heavy (non-hydrogen) atoms. The number of anilines is 1. The van der Waals surface area contributed by atoms with Gasteiger partial charge in [-0.2, -0.15) is 0 Å². The van der Waals surface area contributed by atoms with Crippen molar-refractivity contribution < 1.29 is 0 Å². The van der Waals surface area contributed by atoms with Crippen molar-refractivity contribution >= 4 is 11.5 Å². The molecule has 0 amide bonds. The van der Waals surface area contributed by atoms with Crippen LogP contribution in [0.1, 0.15) is 46.2 Å². The van der Waals surface area contributed by atoms with Gasteiger partial charge in [-0.05, 0) is 38.8 Å². The summed E-state index contributed by atoms with van der Waals surface area (Å²) in [5.41, 5.74) is 10.3. The van der Waals surface area contributed by atoms with Crippen molar-refractivity contribution in [3.8, 4) is 0 Å². The van der Waals surface area contributed by atoms with Crippen LogP contribution < -0.4 is 5.73 Å². The lowest BCUT2D eigenvalue weighted by Crippen LogP contribution is -2.03. The Labute approximate surface area is 110 Å². The Balaban J connectivity index is 2.85. The molecule has 0 bridgehead atoms. The number of rotatable bonds is 5. The molecule has 0 aliphatic heterocycles. The summed E-state index contributed by atoms with van der Waals surface area (Å²) in [7, 11) is 0. The molecule has 3 heteroatoms. The van der Waals surface area contributed by atoms with Crippen LogP contribution in [-0.2, 0) is 0 Å². The number of allylic oxidation sites excluding steroid dienone is 1. The van der Waals surface area contributed by atoms with Crippen LogP contribution in [0.15, 0.2) is 34.3 Å². The molecule has 0 spiro atoms. The zero-order valence-corrected chi connectivity index (χ0v) is 11.8. The van der Waals surface area contributed by atoms with Gasteiger partial charge in [0.1, 0.15) is 5.82 Å². The molecular weight excluding hydrogens is 222 g/mol. The van der Waals surface area contributed by atoms with Gasteiger partial charge in [-0.25, -0.2) is 4.98 Å². The molecule has 1 aromatic heterocycles. The van der Waals surface area contributed by atoms with E-state index in [1.165, 1.54) is 11.1 Å². The smallest absolute Gasteiger partial charge is 0.124 e. The average molecular weight is 245 g/mol. The third-order valence-electron chi connectivity index (χ3n) is 3.21. The van der Waals surface area contributed by atoms with Crippen molar-refractivity contribution in [1.29, 1.82) is 0 Å². The highest BCUT2D eigenvalue weighted by molar-refractivity contribution is 5.97. The quantitative estimate of drug-likeness (QED) is 0.636. The van der Waals surface area contributed by atoms with Crippen LogP contribution in [0, 0.1) is 0 Å². The molecule has 0 fully saturated rings. The summed E-state index contributed by atoms with van der Waals surface area (Å²) >= 11 is 0. The average Bonchev–Trinajstić information content (AvgIpc) is 2.38. The van der Waals surface area contributed by atoms with E-state index < -0.39 is 0 Å². The first kappa shape index (κ1) is 14.4. The fourth-order valence-corrected chi connectivity index (χ4v) is 1.75. The second-order valence-corrected chi connectivity index (χ2v) is 4.44. The van der Waals surface area contributed by atoms with E-state index in [4.69, 9.17) is 5.73 Å². The molecular formula is C15H23N3. The molecule has 1 heterocycles. The first-order chi connectivity index (χ1) is 8.58. The van der Waals surface area contributed by atoms with Crippen molar-refractivity contribution in [3.63, 3.8) is 0 Å². The predicted molar refractivity (Wildman–Crippen MR) is 79.0 cm³/mol. The van der Waals surface area contributed by atoms with Crippen molar-refractivity contribution in [2.45, 2.75) is 40.5 Å². The maximum atomic E-state index is 5.67. The van der Waals surface area contributed by atoms with E-state index in [-0.39, 0.29) is 0 Å². The first-order valence-corrected chi connectivity index (χ1v) is 6.49. The molecule has 0 atom stereocenters. The molecule has 2 N–H and O–H groups in total. The van der Waals surface area contributed by atoms with Gasteiger partial charge in [-0.3, -0.25) is 4.99 Å². The fourth-order valence-electron chi connectivity index (χ4n) is 1.75. The summed E-state index contributed by atoms with van der Waals surface area (Å²) in [4.78, 5) is 8.89. The Hall–Kier alpha value is -1.64. The van der Waals surface area contributed by atoms with Crippen LogP contribution in [0.3, 0.4) is 0 Å². The van der Waals surface area contributed by atoms with Gasteiger partial charge in [0.15, 0.2) is 0 Å². The zero-order chi connectivity index (χ0) is 13.5.